The summed E-state index contributed by atoms with van der Waals surface area (Å²) in [6, 6.07) is 17.5. The van der Waals surface area contributed by atoms with Crippen molar-refractivity contribution in [2.45, 2.75) is 17.2 Å². The van der Waals surface area contributed by atoms with E-state index < -0.39 is 0 Å². The van der Waals surface area contributed by atoms with Crippen LogP contribution in [0.15, 0.2) is 66.1 Å². The van der Waals surface area contributed by atoms with Gasteiger partial charge in [0.2, 0.25) is 0 Å². The molecule has 0 bridgehead atoms. The van der Waals surface area contributed by atoms with Crippen molar-refractivity contribution in [3.8, 4) is 6.07 Å². The number of allylic oxidation sites excluding steroid dienone is 1. The predicted octanol–water partition coefficient (Wildman–Crippen LogP) is 6.93. The summed E-state index contributed by atoms with van der Waals surface area (Å²) in [6.07, 6.45) is 2.57. The summed E-state index contributed by atoms with van der Waals surface area (Å²) >= 11 is 13.9. The number of amides is 1. The zero-order valence-electron chi connectivity index (χ0n) is 16.8. The standard InChI is InChI=1S/C25H20Cl2N2OS/c1-2-5-18(16-8-9-21(26)22(27)13-16)15-29-10-11-31-24-19(14-28)12-17-6-3-4-7-20(17)23(24)25(29)30/h2-4,6-9,12-13,18H,1,5,10-11,15H2/t18-/m1/s1. The lowest BCUT2D eigenvalue weighted by atomic mass is 9.94. The Kier molecular flexibility index (Phi) is 6.57. The molecule has 1 aliphatic rings. The molecule has 1 aliphatic heterocycles. The minimum Gasteiger partial charge on any atom is -0.337 e. The van der Waals surface area contributed by atoms with E-state index in [2.05, 4.69) is 12.6 Å². The monoisotopic (exact) mass is 466 g/mol. The van der Waals surface area contributed by atoms with Gasteiger partial charge in [0.15, 0.2) is 0 Å². The van der Waals surface area contributed by atoms with Gasteiger partial charge >= 0.3 is 0 Å². The maximum absolute atomic E-state index is 13.7. The van der Waals surface area contributed by atoms with Gasteiger partial charge < -0.3 is 4.90 Å². The van der Waals surface area contributed by atoms with E-state index in [-0.39, 0.29) is 11.8 Å². The highest BCUT2D eigenvalue weighted by Gasteiger charge is 2.29. The third-order valence-electron chi connectivity index (χ3n) is 5.54. The Hall–Kier alpha value is -2.45. The lowest BCUT2D eigenvalue weighted by Crippen LogP contribution is -2.35. The molecule has 1 heterocycles. The van der Waals surface area contributed by atoms with E-state index in [1.165, 1.54) is 0 Å². The largest absolute Gasteiger partial charge is 0.337 e. The number of hydrogen-bond donors (Lipinski definition) is 0. The minimum atomic E-state index is -0.0394. The number of carbonyl (C=O) groups excluding carboxylic acids is 1. The number of benzene rings is 3. The number of thioether (sulfide) groups is 1. The van der Waals surface area contributed by atoms with E-state index in [1.54, 1.807) is 17.8 Å². The predicted molar refractivity (Wildman–Crippen MR) is 129 cm³/mol. The summed E-state index contributed by atoms with van der Waals surface area (Å²) in [6.45, 7) is 5.03. The molecule has 0 spiro atoms. The van der Waals surface area contributed by atoms with E-state index in [1.807, 2.05) is 53.4 Å². The van der Waals surface area contributed by atoms with Crippen LogP contribution in [0, 0.1) is 11.3 Å². The van der Waals surface area contributed by atoms with Crippen LogP contribution in [0.2, 0.25) is 10.0 Å². The fourth-order valence-corrected chi connectivity index (χ4v) is 5.44. The lowest BCUT2D eigenvalue weighted by Gasteiger charge is -2.27. The molecule has 0 aliphatic carbocycles. The Morgan fingerprint density at radius 2 is 2.00 bits per heavy atom. The van der Waals surface area contributed by atoms with Crippen molar-refractivity contribution in [1.29, 1.82) is 5.26 Å². The SMILES string of the molecule is C=CC[C@H](CN1CCSc2c(C#N)cc3ccccc3c2C1=O)c1ccc(Cl)c(Cl)c1. The third kappa shape index (κ3) is 4.32. The highest BCUT2D eigenvalue weighted by molar-refractivity contribution is 7.99. The molecule has 6 heteroatoms. The number of hydrogen-bond acceptors (Lipinski definition) is 3. The highest BCUT2D eigenvalue weighted by Crippen LogP contribution is 2.37. The fraction of sp³-hybridized carbons (Fsp3) is 0.200. The first-order valence-corrected chi connectivity index (χ1v) is 11.7. The van der Waals surface area contributed by atoms with E-state index in [4.69, 9.17) is 23.2 Å². The van der Waals surface area contributed by atoms with E-state index in [0.717, 1.165) is 27.0 Å². The number of nitrogens with zero attached hydrogens (tertiary/aromatic N) is 2. The second kappa shape index (κ2) is 9.36. The Labute approximate surface area is 196 Å². The van der Waals surface area contributed by atoms with Gasteiger partial charge in [-0.15, -0.1) is 18.3 Å². The van der Waals surface area contributed by atoms with Crippen LogP contribution >= 0.6 is 35.0 Å². The average Bonchev–Trinajstić information content (AvgIpc) is 2.94. The van der Waals surface area contributed by atoms with Crippen LogP contribution in [-0.2, 0) is 0 Å². The van der Waals surface area contributed by atoms with Crippen LogP contribution < -0.4 is 0 Å². The molecule has 31 heavy (non-hydrogen) atoms. The van der Waals surface area contributed by atoms with Gasteiger partial charge in [0.1, 0.15) is 6.07 Å². The van der Waals surface area contributed by atoms with Gasteiger partial charge in [0, 0.05) is 29.7 Å². The first kappa shape index (κ1) is 21.8. The maximum atomic E-state index is 13.7. The van der Waals surface area contributed by atoms with Gasteiger partial charge in [-0.05, 0) is 41.0 Å². The molecule has 0 aromatic heterocycles. The molecular formula is C25H20Cl2N2OS. The molecule has 1 amide bonds. The number of halogens is 2. The van der Waals surface area contributed by atoms with Crippen molar-refractivity contribution >= 4 is 51.6 Å². The summed E-state index contributed by atoms with van der Waals surface area (Å²) in [5, 5.41) is 12.5. The van der Waals surface area contributed by atoms with Gasteiger partial charge in [-0.3, -0.25) is 4.79 Å². The Morgan fingerprint density at radius 3 is 2.74 bits per heavy atom. The molecule has 3 nitrogen and oxygen atoms in total. The topological polar surface area (TPSA) is 44.1 Å². The Bertz CT molecular complexity index is 1220. The summed E-state index contributed by atoms with van der Waals surface area (Å²) in [4.78, 5) is 16.4. The van der Waals surface area contributed by atoms with E-state index in [9.17, 15) is 10.1 Å². The lowest BCUT2D eigenvalue weighted by molar-refractivity contribution is 0.0757. The Morgan fingerprint density at radius 1 is 1.19 bits per heavy atom. The molecule has 0 fully saturated rings. The number of nitriles is 1. The molecular weight excluding hydrogens is 447 g/mol. The highest BCUT2D eigenvalue weighted by atomic mass is 35.5. The quantitative estimate of drug-likeness (QED) is 0.383. The minimum absolute atomic E-state index is 0.0394. The molecule has 3 aromatic rings. The summed E-state index contributed by atoms with van der Waals surface area (Å²) < 4.78 is 0. The molecule has 1 atom stereocenters. The Balaban J connectivity index is 1.75. The molecule has 4 rings (SSSR count). The molecule has 156 valence electrons. The first-order valence-electron chi connectivity index (χ1n) is 9.97. The maximum Gasteiger partial charge on any atom is 0.255 e. The van der Waals surface area contributed by atoms with Gasteiger partial charge in [-0.2, -0.15) is 5.26 Å². The van der Waals surface area contributed by atoms with Gasteiger partial charge in [0.05, 0.1) is 21.2 Å². The van der Waals surface area contributed by atoms with Gasteiger partial charge in [0.25, 0.3) is 5.91 Å². The second-order valence-corrected chi connectivity index (χ2v) is 9.38. The zero-order chi connectivity index (χ0) is 22.0. The summed E-state index contributed by atoms with van der Waals surface area (Å²) in [5.74, 6) is 0.740. The van der Waals surface area contributed by atoms with E-state index >= 15 is 0 Å². The van der Waals surface area contributed by atoms with Crippen molar-refractivity contribution in [3.63, 3.8) is 0 Å². The molecule has 0 radical (unpaired) electrons. The molecule has 0 unspecified atom stereocenters. The number of rotatable bonds is 5. The van der Waals surface area contributed by atoms with Crippen molar-refractivity contribution in [2.75, 3.05) is 18.8 Å². The second-order valence-electron chi connectivity index (χ2n) is 7.46. The first-order chi connectivity index (χ1) is 15.0. The smallest absolute Gasteiger partial charge is 0.255 e. The van der Waals surface area contributed by atoms with Crippen LogP contribution in [-0.4, -0.2) is 29.6 Å². The number of fused-ring (bicyclic) bond motifs is 3. The van der Waals surface area contributed by atoms with Gasteiger partial charge in [-0.25, -0.2) is 0 Å². The van der Waals surface area contributed by atoms with Crippen LogP contribution in [0.25, 0.3) is 10.8 Å². The molecule has 0 saturated carbocycles. The van der Waals surface area contributed by atoms with Crippen LogP contribution in [0.1, 0.15) is 33.8 Å². The van der Waals surface area contributed by atoms with Crippen molar-refractivity contribution in [2.24, 2.45) is 0 Å². The van der Waals surface area contributed by atoms with Crippen LogP contribution in [0.4, 0.5) is 0 Å². The number of carbonyl (C=O) groups is 1. The molecule has 3 aromatic carbocycles. The van der Waals surface area contributed by atoms with Crippen molar-refractivity contribution < 1.29 is 4.79 Å². The zero-order valence-corrected chi connectivity index (χ0v) is 19.1. The van der Waals surface area contributed by atoms with Crippen molar-refractivity contribution in [3.05, 3.63) is 87.9 Å². The summed E-state index contributed by atoms with van der Waals surface area (Å²) in [7, 11) is 0. The average molecular weight is 467 g/mol. The fourth-order valence-electron chi connectivity index (χ4n) is 4.02. The molecule has 0 N–H and O–H groups in total. The normalized spacial score (nSPS) is 14.6. The summed E-state index contributed by atoms with van der Waals surface area (Å²) in [5.41, 5.74) is 2.21. The van der Waals surface area contributed by atoms with Crippen LogP contribution in [0.5, 0.6) is 0 Å². The van der Waals surface area contributed by atoms with Gasteiger partial charge in [-0.1, -0.05) is 59.6 Å². The third-order valence-corrected chi connectivity index (χ3v) is 7.38. The van der Waals surface area contributed by atoms with Crippen molar-refractivity contribution in [1.82, 2.24) is 4.90 Å². The molecule has 0 saturated heterocycles. The van der Waals surface area contributed by atoms with Crippen LogP contribution in [0.3, 0.4) is 0 Å². The van der Waals surface area contributed by atoms with E-state index in [0.29, 0.717) is 40.7 Å².